The van der Waals surface area contributed by atoms with Gasteiger partial charge in [-0.25, -0.2) is 0 Å². The van der Waals surface area contributed by atoms with E-state index in [4.69, 9.17) is 4.74 Å². The Bertz CT molecular complexity index is 734. The van der Waals surface area contributed by atoms with Crippen molar-refractivity contribution in [2.45, 2.75) is 69.2 Å². The van der Waals surface area contributed by atoms with E-state index in [1.54, 1.807) is 13.8 Å². The van der Waals surface area contributed by atoms with E-state index in [1.165, 1.54) is 0 Å². The fourth-order valence-electron chi connectivity index (χ4n) is 5.79. The van der Waals surface area contributed by atoms with Crippen LogP contribution in [0.4, 0.5) is 0 Å². The highest BCUT2D eigenvalue weighted by atomic mass is 16.5. The van der Waals surface area contributed by atoms with Gasteiger partial charge in [0.1, 0.15) is 6.04 Å². The zero-order valence-electron chi connectivity index (χ0n) is 18.3. The average Bonchev–Trinajstić information content (AvgIpc) is 2.74. The third-order valence-electron chi connectivity index (χ3n) is 7.15. The van der Waals surface area contributed by atoms with Crippen molar-refractivity contribution < 1.29 is 19.7 Å². The number of fused-ring (bicyclic) bond motifs is 1. The molecule has 3 aliphatic rings. The molecular weight excluding hydrogens is 380 g/mol. The molecule has 0 bridgehead atoms. The second kappa shape index (κ2) is 8.58. The number of piperidine rings is 1. The van der Waals surface area contributed by atoms with E-state index in [9.17, 15) is 15.0 Å². The molecule has 0 spiro atoms. The molecule has 6 nitrogen and oxygen atoms in total. The van der Waals surface area contributed by atoms with Crippen LogP contribution in [0.15, 0.2) is 30.3 Å². The Morgan fingerprint density at radius 2 is 1.93 bits per heavy atom. The smallest absolute Gasteiger partial charge is 0.242 e. The van der Waals surface area contributed by atoms with Crippen LogP contribution < -0.4 is 0 Å². The van der Waals surface area contributed by atoms with Gasteiger partial charge in [-0.1, -0.05) is 43.2 Å². The quantitative estimate of drug-likeness (QED) is 0.787. The molecule has 3 fully saturated rings. The van der Waals surface area contributed by atoms with Gasteiger partial charge in [-0.15, -0.1) is 0 Å². The monoisotopic (exact) mass is 416 g/mol. The van der Waals surface area contributed by atoms with Crippen LogP contribution in [-0.4, -0.2) is 76.5 Å². The lowest BCUT2D eigenvalue weighted by atomic mass is 9.66. The van der Waals surface area contributed by atoms with Gasteiger partial charge in [0, 0.05) is 31.6 Å². The van der Waals surface area contributed by atoms with Crippen LogP contribution in [0, 0.1) is 5.92 Å². The fraction of sp³-hybridized carbons (Fsp3) is 0.708. The number of morpholine rings is 1. The van der Waals surface area contributed by atoms with E-state index in [0.29, 0.717) is 39.3 Å². The molecule has 166 valence electrons. The van der Waals surface area contributed by atoms with Crippen LogP contribution in [0.1, 0.15) is 51.5 Å². The Morgan fingerprint density at radius 1 is 1.20 bits per heavy atom. The predicted octanol–water partition coefficient (Wildman–Crippen LogP) is 2.14. The van der Waals surface area contributed by atoms with Gasteiger partial charge >= 0.3 is 0 Å². The van der Waals surface area contributed by atoms with Gasteiger partial charge < -0.3 is 19.8 Å². The van der Waals surface area contributed by atoms with Crippen LogP contribution >= 0.6 is 0 Å². The second-order valence-corrected chi connectivity index (χ2v) is 9.90. The first-order valence-electron chi connectivity index (χ1n) is 11.4. The lowest BCUT2D eigenvalue weighted by molar-refractivity contribution is -0.165. The summed E-state index contributed by atoms with van der Waals surface area (Å²) in [5.41, 5.74) is -0.767. The number of benzene rings is 1. The SMILES string of the molecule is CC(C)(O)CN1CCOC[C@H]1C(=O)N1CCC(O)(c2ccccc2)C2CCCCC21. The van der Waals surface area contributed by atoms with Gasteiger partial charge in [0.2, 0.25) is 5.91 Å². The van der Waals surface area contributed by atoms with Crippen molar-refractivity contribution in [3.8, 4) is 0 Å². The number of ether oxygens (including phenoxy) is 1. The predicted molar refractivity (Wildman–Crippen MR) is 115 cm³/mol. The number of aliphatic hydroxyl groups is 2. The molecule has 3 unspecified atom stereocenters. The zero-order valence-corrected chi connectivity index (χ0v) is 18.3. The van der Waals surface area contributed by atoms with Crippen molar-refractivity contribution in [1.82, 2.24) is 9.80 Å². The van der Waals surface area contributed by atoms with Crippen molar-refractivity contribution in [2.75, 3.05) is 32.8 Å². The molecule has 1 aromatic rings. The molecule has 0 aromatic heterocycles. The van der Waals surface area contributed by atoms with E-state index in [1.807, 2.05) is 35.2 Å². The molecule has 1 saturated carbocycles. The van der Waals surface area contributed by atoms with Crippen LogP contribution in [0.2, 0.25) is 0 Å². The van der Waals surface area contributed by atoms with Crippen LogP contribution in [0.3, 0.4) is 0 Å². The fourth-order valence-corrected chi connectivity index (χ4v) is 5.79. The number of amides is 1. The number of nitrogens with zero attached hydrogens (tertiary/aromatic N) is 2. The molecule has 6 heteroatoms. The highest BCUT2D eigenvalue weighted by Crippen LogP contribution is 2.47. The molecule has 1 aromatic carbocycles. The third kappa shape index (κ3) is 4.28. The number of hydrogen-bond donors (Lipinski definition) is 2. The molecule has 2 saturated heterocycles. The van der Waals surface area contributed by atoms with E-state index < -0.39 is 11.2 Å². The van der Waals surface area contributed by atoms with Crippen molar-refractivity contribution in [2.24, 2.45) is 5.92 Å². The van der Waals surface area contributed by atoms with Gasteiger partial charge in [0.05, 0.1) is 24.4 Å². The summed E-state index contributed by atoms with van der Waals surface area (Å²) in [5.74, 6) is 0.143. The first kappa shape index (κ1) is 21.8. The zero-order chi connectivity index (χ0) is 21.4. The van der Waals surface area contributed by atoms with Gasteiger partial charge in [0.15, 0.2) is 0 Å². The van der Waals surface area contributed by atoms with Gasteiger partial charge in [-0.05, 0) is 38.7 Å². The number of rotatable bonds is 4. The Hall–Kier alpha value is -1.47. The minimum absolute atomic E-state index is 0.0520. The first-order valence-corrected chi connectivity index (χ1v) is 11.4. The Labute approximate surface area is 179 Å². The molecule has 1 aliphatic carbocycles. The first-order chi connectivity index (χ1) is 14.3. The molecule has 2 aliphatic heterocycles. The highest BCUT2D eigenvalue weighted by Gasteiger charge is 2.51. The second-order valence-electron chi connectivity index (χ2n) is 9.90. The summed E-state index contributed by atoms with van der Waals surface area (Å²) >= 11 is 0. The van der Waals surface area contributed by atoms with Gasteiger partial charge in [0.25, 0.3) is 0 Å². The largest absolute Gasteiger partial charge is 0.389 e. The number of carbonyl (C=O) groups is 1. The minimum atomic E-state index is -0.876. The Balaban J connectivity index is 1.57. The van der Waals surface area contributed by atoms with E-state index in [2.05, 4.69) is 4.90 Å². The van der Waals surface area contributed by atoms with Crippen molar-refractivity contribution in [1.29, 1.82) is 0 Å². The van der Waals surface area contributed by atoms with Crippen molar-refractivity contribution in [3.63, 3.8) is 0 Å². The van der Waals surface area contributed by atoms with Gasteiger partial charge in [-0.2, -0.15) is 0 Å². The lowest BCUT2D eigenvalue weighted by Crippen LogP contribution is -2.64. The summed E-state index contributed by atoms with van der Waals surface area (Å²) in [6.45, 7) is 6.16. The maximum Gasteiger partial charge on any atom is 0.242 e. The molecule has 2 N–H and O–H groups in total. The lowest BCUT2D eigenvalue weighted by Gasteiger charge is -2.53. The minimum Gasteiger partial charge on any atom is -0.389 e. The molecule has 30 heavy (non-hydrogen) atoms. The molecule has 4 rings (SSSR count). The van der Waals surface area contributed by atoms with E-state index in [-0.39, 0.29) is 23.9 Å². The number of likely N-dealkylation sites (tertiary alicyclic amines) is 1. The molecule has 1 amide bonds. The van der Waals surface area contributed by atoms with Crippen molar-refractivity contribution in [3.05, 3.63) is 35.9 Å². The maximum absolute atomic E-state index is 13.7. The number of β-amino-alcohol motifs (C(OH)–C–C–N with tert-alkyl or cyclic N) is 1. The third-order valence-corrected chi connectivity index (χ3v) is 7.15. The van der Waals surface area contributed by atoms with Crippen LogP contribution in [0.5, 0.6) is 0 Å². The van der Waals surface area contributed by atoms with E-state index >= 15 is 0 Å². The normalized spacial score (nSPS) is 33.2. The van der Waals surface area contributed by atoms with Crippen LogP contribution in [0.25, 0.3) is 0 Å². The topological polar surface area (TPSA) is 73.2 Å². The van der Waals surface area contributed by atoms with Crippen molar-refractivity contribution >= 4 is 5.91 Å². The molecule has 0 radical (unpaired) electrons. The summed E-state index contributed by atoms with van der Waals surface area (Å²) in [6.07, 6.45) is 4.61. The summed E-state index contributed by atoms with van der Waals surface area (Å²) < 4.78 is 5.66. The molecule has 4 atom stereocenters. The summed E-state index contributed by atoms with van der Waals surface area (Å²) in [6, 6.07) is 9.66. The number of hydrogen-bond acceptors (Lipinski definition) is 5. The Kier molecular flexibility index (Phi) is 6.22. The average molecular weight is 417 g/mol. The Morgan fingerprint density at radius 3 is 2.67 bits per heavy atom. The summed E-state index contributed by atoms with van der Waals surface area (Å²) in [4.78, 5) is 17.8. The standard InChI is InChI=1S/C24H36N2O4/c1-23(2,28)17-25-14-15-30-16-21(25)22(27)26-13-12-24(29,18-8-4-3-5-9-18)19-10-6-7-11-20(19)26/h3-5,8-9,19-21,28-29H,6-7,10-17H2,1-2H3/t19?,20?,21-,24?/m0/s1. The van der Waals surface area contributed by atoms with Gasteiger partial charge in [-0.3, -0.25) is 9.69 Å². The molecule has 2 heterocycles. The summed E-state index contributed by atoms with van der Waals surface area (Å²) in [7, 11) is 0. The highest BCUT2D eigenvalue weighted by molar-refractivity contribution is 5.82. The summed E-state index contributed by atoms with van der Waals surface area (Å²) in [5, 5.41) is 22.1. The maximum atomic E-state index is 13.7. The van der Waals surface area contributed by atoms with Crippen LogP contribution in [-0.2, 0) is 15.1 Å². The van der Waals surface area contributed by atoms with E-state index in [0.717, 1.165) is 31.2 Å². The number of carbonyl (C=O) groups excluding carboxylic acids is 1. The molecular formula is C24H36N2O4.